The van der Waals surface area contributed by atoms with Gasteiger partial charge in [0.2, 0.25) is 0 Å². The first-order valence-corrected chi connectivity index (χ1v) is 7.73. The summed E-state index contributed by atoms with van der Waals surface area (Å²) in [6, 6.07) is 4.79. The molecule has 1 aliphatic carbocycles. The Morgan fingerprint density at radius 2 is 1.89 bits per heavy atom. The first-order chi connectivity index (χ1) is 8.13. The van der Waals surface area contributed by atoms with Crippen molar-refractivity contribution >= 4 is 26.2 Å². The van der Waals surface area contributed by atoms with Crippen LogP contribution in [0.5, 0.6) is 0 Å². The van der Waals surface area contributed by atoms with Gasteiger partial charge in [-0.05, 0) is 74.6 Å². The molecule has 0 spiro atoms. The first kappa shape index (κ1) is 14.1. The van der Waals surface area contributed by atoms with Gasteiger partial charge in [0.15, 0.2) is 0 Å². The monoisotopic (exact) mass is 354 g/mol. The van der Waals surface area contributed by atoms with E-state index in [9.17, 15) is 0 Å². The standard InChI is InChI=1S/C17H23I/c1-11(18)14-9-12(16(2,3)4)10-15-13(14)7-8-17(15,5)6/h9-10H,1,7-8H2,2-6H3. The van der Waals surface area contributed by atoms with E-state index in [1.54, 1.807) is 5.56 Å². The second kappa shape index (κ2) is 4.36. The van der Waals surface area contributed by atoms with E-state index in [0.29, 0.717) is 5.41 Å². The number of halogens is 1. The van der Waals surface area contributed by atoms with Gasteiger partial charge in [0.05, 0.1) is 0 Å². The van der Waals surface area contributed by atoms with E-state index in [-0.39, 0.29) is 5.41 Å². The van der Waals surface area contributed by atoms with E-state index < -0.39 is 0 Å². The van der Waals surface area contributed by atoms with Gasteiger partial charge in [-0.15, -0.1) is 0 Å². The third kappa shape index (κ3) is 2.38. The van der Waals surface area contributed by atoms with Crippen molar-refractivity contribution in [3.05, 3.63) is 41.0 Å². The van der Waals surface area contributed by atoms with Crippen LogP contribution in [0.3, 0.4) is 0 Å². The zero-order valence-electron chi connectivity index (χ0n) is 12.2. The summed E-state index contributed by atoms with van der Waals surface area (Å²) in [6.45, 7) is 15.8. The van der Waals surface area contributed by atoms with E-state index in [4.69, 9.17) is 0 Å². The molecule has 18 heavy (non-hydrogen) atoms. The highest BCUT2D eigenvalue weighted by molar-refractivity contribution is 14.1. The maximum atomic E-state index is 4.16. The predicted molar refractivity (Wildman–Crippen MR) is 89.5 cm³/mol. The zero-order valence-corrected chi connectivity index (χ0v) is 14.3. The maximum Gasteiger partial charge on any atom is 0.0133 e. The average molecular weight is 354 g/mol. The normalized spacial score (nSPS) is 17.7. The van der Waals surface area contributed by atoms with Crippen molar-refractivity contribution in [1.82, 2.24) is 0 Å². The topological polar surface area (TPSA) is 0 Å². The SMILES string of the molecule is C=C(I)c1cc(C(C)(C)C)cc2c1CCC2(C)C. The smallest absolute Gasteiger partial charge is 0.0133 e. The average Bonchev–Trinajstić information content (AvgIpc) is 2.52. The second-order valence-electron chi connectivity index (χ2n) is 7.09. The third-order valence-electron chi connectivity index (χ3n) is 4.14. The molecule has 0 radical (unpaired) electrons. The highest BCUT2D eigenvalue weighted by atomic mass is 127. The third-order valence-corrected chi connectivity index (χ3v) is 4.72. The summed E-state index contributed by atoms with van der Waals surface area (Å²) in [7, 11) is 0. The zero-order chi connectivity index (χ0) is 13.7. The molecular weight excluding hydrogens is 331 g/mol. The molecule has 0 aliphatic heterocycles. The molecule has 1 aromatic rings. The van der Waals surface area contributed by atoms with Gasteiger partial charge in [0.25, 0.3) is 0 Å². The highest BCUT2D eigenvalue weighted by Crippen LogP contribution is 2.44. The van der Waals surface area contributed by atoms with Crippen molar-refractivity contribution in [1.29, 1.82) is 0 Å². The van der Waals surface area contributed by atoms with Crippen molar-refractivity contribution in [3.63, 3.8) is 0 Å². The predicted octanol–water partition coefficient (Wildman–Crippen LogP) is 5.61. The maximum absolute atomic E-state index is 4.16. The molecule has 0 bridgehead atoms. The van der Waals surface area contributed by atoms with Gasteiger partial charge in [0.1, 0.15) is 0 Å². The quantitative estimate of drug-likeness (QED) is 0.575. The van der Waals surface area contributed by atoms with Gasteiger partial charge in [-0.25, -0.2) is 0 Å². The van der Waals surface area contributed by atoms with Gasteiger partial charge in [-0.3, -0.25) is 0 Å². The van der Waals surface area contributed by atoms with Crippen LogP contribution >= 0.6 is 22.6 Å². The van der Waals surface area contributed by atoms with Crippen molar-refractivity contribution in [2.45, 2.75) is 58.3 Å². The largest absolute Gasteiger partial charge is 0.0850 e. The van der Waals surface area contributed by atoms with E-state index in [2.05, 4.69) is 75.9 Å². The Morgan fingerprint density at radius 3 is 2.39 bits per heavy atom. The van der Waals surface area contributed by atoms with E-state index in [1.807, 2.05) is 0 Å². The highest BCUT2D eigenvalue weighted by Gasteiger charge is 2.33. The molecule has 0 atom stereocenters. The summed E-state index contributed by atoms with van der Waals surface area (Å²) >= 11 is 2.36. The lowest BCUT2D eigenvalue weighted by atomic mass is 9.79. The van der Waals surface area contributed by atoms with Crippen molar-refractivity contribution in [2.24, 2.45) is 0 Å². The summed E-state index contributed by atoms with van der Waals surface area (Å²) in [5.41, 5.74) is 6.41. The fourth-order valence-electron chi connectivity index (χ4n) is 2.79. The molecule has 0 fully saturated rings. The number of benzene rings is 1. The molecule has 0 N–H and O–H groups in total. The lowest BCUT2D eigenvalue weighted by Gasteiger charge is -2.26. The van der Waals surface area contributed by atoms with E-state index in [0.717, 1.165) is 0 Å². The van der Waals surface area contributed by atoms with Gasteiger partial charge < -0.3 is 0 Å². The number of rotatable bonds is 1. The summed E-state index contributed by atoms with van der Waals surface area (Å²) < 4.78 is 1.17. The lowest BCUT2D eigenvalue weighted by molar-refractivity contribution is 0.519. The fraction of sp³-hybridized carbons (Fsp3) is 0.529. The Bertz CT molecular complexity index is 501. The molecule has 1 aliphatic rings. The molecule has 0 saturated carbocycles. The molecule has 98 valence electrons. The molecule has 0 saturated heterocycles. The van der Waals surface area contributed by atoms with Crippen LogP contribution in [0.4, 0.5) is 0 Å². The van der Waals surface area contributed by atoms with Crippen LogP contribution in [-0.2, 0) is 17.3 Å². The summed E-state index contributed by atoms with van der Waals surface area (Å²) in [6.07, 6.45) is 2.46. The summed E-state index contributed by atoms with van der Waals surface area (Å²) in [5.74, 6) is 0. The summed E-state index contributed by atoms with van der Waals surface area (Å²) in [5, 5.41) is 0. The molecular formula is C17H23I. The number of fused-ring (bicyclic) bond motifs is 1. The minimum Gasteiger partial charge on any atom is -0.0850 e. The van der Waals surface area contributed by atoms with Crippen LogP contribution in [-0.4, -0.2) is 0 Å². The number of hydrogen-bond acceptors (Lipinski definition) is 0. The minimum atomic E-state index is 0.203. The van der Waals surface area contributed by atoms with Crippen LogP contribution < -0.4 is 0 Å². The molecule has 1 aromatic carbocycles. The van der Waals surface area contributed by atoms with Crippen molar-refractivity contribution < 1.29 is 0 Å². The van der Waals surface area contributed by atoms with Gasteiger partial charge >= 0.3 is 0 Å². The van der Waals surface area contributed by atoms with Crippen LogP contribution in [0.25, 0.3) is 3.58 Å². The molecule has 0 aromatic heterocycles. The van der Waals surface area contributed by atoms with Crippen LogP contribution in [0.15, 0.2) is 18.7 Å². The van der Waals surface area contributed by atoms with Crippen LogP contribution in [0, 0.1) is 0 Å². The Labute approximate surface area is 125 Å². The van der Waals surface area contributed by atoms with Gasteiger partial charge in [0, 0.05) is 3.58 Å². The molecule has 2 rings (SSSR count). The first-order valence-electron chi connectivity index (χ1n) is 6.65. The molecule has 0 nitrogen and oxygen atoms in total. The van der Waals surface area contributed by atoms with Gasteiger partial charge in [-0.1, -0.05) is 47.3 Å². The van der Waals surface area contributed by atoms with Gasteiger partial charge in [-0.2, -0.15) is 0 Å². The lowest BCUT2D eigenvalue weighted by Crippen LogP contribution is -2.16. The minimum absolute atomic E-state index is 0.203. The molecule has 0 heterocycles. The molecule has 1 heteroatoms. The van der Waals surface area contributed by atoms with Crippen molar-refractivity contribution in [2.75, 3.05) is 0 Å². The molecule has 0 amide bonds. The fourth-order valence-corrected chi connectivity index (χ4v) is 3.27. The van der Waals surface area contributed by atoms with Crippen molar-refractivity contribution in [3.8, 4) is 0 Å². The number of hydrogen-bond donors (Lipinski definition) is 0. The Kier molecular flexibility index (Phi) is 3.42. The Balaban J connectivity index is 2.71. The summed E-state index contributed by atoms with van der Waals surface area (Å²) in [4.78, 5) is 0. The van der Waals surface area contributed by atoms with Crippen LogP contribution in [0.1, 0.15) is 63.3 Å². The second-order valence-corrected chi connectivity index (χ2v) is 8.39. The Morgan fingerprint density at radius 1 is 1.28 bits per heavy atom. The van der Waals surface area contributed by atoms with E-state index >= 15 is 0 Å². The molecule has 0 unspecified atom stereocenters. The van der Waals surface area contributed by atoms with E-state index in [1.165, 1.54) is 33.1 Å². The van der Waals surface area contributed by atoms with Crippen LogP contribution in [0.2, 0.25) is 0 Å². The Hall–Kier alpha value is -0.310.